The van der Waals surface area contributed by atoms with E-state index in [0.717, 1.165) is 11.3 Å². The molecule has 0 bridgehead atoms. The van der Waals surface area contributed by atoms with Crippen molar-refractivity contribution in [2.24, 2.45) is 0 Å². The summed E-state index contributed by atoms with van der Waals surface area (Å²) >= 11 is 0. The van der Waals surface area contributed by atoms with Gasteiger partial charge in [-0.25, -0.2) is 0 Å². The van der Waals surface area contributed by atoms with E-state index in [1.807, 2.05) is 19.2 Å². The lowest BCUT2D eigenvalue weighted by Crippen LogP contribution is -1.97. The number of hydrogen-bond acceptors (Lipinski definition) is 2. The van der Waals surface area contributed by atoms with Gasteiger partial charge in [0, 0.05) is 17.5 Å². The summed E-state index contributed by atoms with van der Waals surface area (Å²) in [4.78, 5) is 4.16. The lowest BCUT2D eigenvalue weighted by atomic mass is 10.0. The molecule has 2 nitrogen and oxygen atoms in total. The Kier molecular flexibility index (Phi) is 1.85. The third kappa shape index (κ3) is 1.23. The first kappa shape index (κ1) is 7.74. The molecule has 0 saturated heterocycles. The van der Waals surface area contributed by atoms with Crippen molar-refractivity contribution < 1.29 is 5.11 Å². The molecule has 0 radical (unpaired) electrons. The van der Waals surface area contributed by atoms with Gasteiger partial charge >= 0.3 is 0 Å². The van der Waals surface area contributed by atoms with Gasteiger partial charge in [-0.3, -0.25) is 4.98 Å². The van der Waals surface area contributed by atoms with Crippen LogP contribution < -0.4 is 0 Å². The monoisotopic (exact) mass is 163 g/mol. The quantitative estimate of drug-likeness (QED) is 0.720. The van der Waals surface area contributed by atoms with Gasteiger partial charge < -0.3 is 5.11 Å². The molecule has 2 rings (SSSR count). The third-order valence-electron chi connectivity index (χ3n) is 2.48. The zero-order valence-corrected chi connectivity index (χ0v) is 7.25. The third-order valence-corrected chi connectivity index (χ3v) is 2.48. The van der Waals surface area contributed by atoms with Crippen LogP contribution >= 0.6 is 0 Å². The second kappa shape index (κ2) is 2.87. The Hall–Kier alpha value is -0.890. The molecular formula is C10H13NO. The van der Waals surface area contributed by atoms with E-state index in [4.69, 9.17) is 5.11 Å². The molecule has 1 saturated carbocycles. The van der Waals surface area contributed by atoms with Crippen molar-refractivity contribution in [1.82, 2.24) is 4.98 Å². The first-order chi connectivity index (χ1) is 5.83. The summed E-state index contributed by atoms with van der Waals surface area (Å²) in [5.74, 6) is 0.703. The summed E-state index contributed by atoms with van der Waals surface area (Å²) in [7, 11) is 0. The van der Waals surface area contributed by atoms with E-state index >= 15 is 0 Å². The molecule has 1 aliphatic rings. The number of rotatable bonds is 2. The summed E-state index contributed by atoms with van der Waals surface area (Å²) in [5.41, 5.74) is 3.33. The van der Waals surface area contributed by atoms with Crippen molar-refractivity contribution in [3.8, 4) is 0 Å². The van der Waals surface area contributed by atoms with Crippen LogP contribution in [0.4, 0.5) is 0 Å². The molecule has 64 valence electrons. The lowest BCUT2D eigenvalue weighted by molar-refractivity contribution is 0.279. The van der Waals surface area contributed by atoms with Crippen LogP contribution in [0, 0.1) is 6.92 Å². The first-order valence-corrected chi connectivity index (χ1v) is 4.38. The molecule has 1 aromatic heterocycles. The molecule has 0 spiro atoms. The van der Waals surface area contributed by atoms with Crippen LogP contribution in [0.15, 0.2) is 12.3 Å². The highest BCUT2D eigenvalue weighted by atomic mass is 16.3. The standard InChI is InChI=1S/C10H13NO/c1-7-10(6-12)9(4-5-11-7)8-2-3-8/h4-5,8,12H,2-3,6H2,1H3. The molecular weight excluding hydrogens is 150 g/mol. The average Bonchev–Trinajstić information content (AvgIpc) is 2.86. The van der Waals surface area contributed by atoms with Crippen LogP contribution in [0.25, 0.3) is 0 Å². The summed E-state index contributed by atoms with van der Waals surface area (Å²) < 4.78 is 0. The topological polar surface area (TPSA) is 33.1 Å². The van der Waals surface area contributed by atoms with Gasteiger partial charge in [0.25, 0.3) is 0 Å². The molecule has 0 aliphatic heterocycles. The second-order valence-electron chi connectivity index (χ2n) is 3.40. The molecule has 12 heavy (non-hydrogen) atoms. The molecule has 0 amide bonds. The van der Waals surface area contributed by atoms with Crippen molar-refractivity contribution >= 4 is 0 Å². The van der Waals surface area contributed by atoms with Gasteiger partial charge in [0.2, 0.25) is 0 Å². The molecule has 1 heterocycles. The minimum Gasteiger partial charge on any atom is -0.392 e. The van der Waals surface area contributed by atoms with E-state index in [-0.39, 0.29) is 6.61 Å². The second-order valence-corrected chi connectivity index (χ2v) is 3.40. The Bertz CT molecular complexity index is 292. The average molecular weight is 163 g/mol. The van der Waals surface area contributed by atoms with E-state index in [1.54, 1.807) is 0 Å². The molecule has 1 N–H and O–H groups in total. The molecule has 1 aliphatic carbocycles. The molecule has 1 aromatic rings. The van der Waals surface area contributed by atoms with Gasteiger partial charge in [-0.15, -0.1) is 0 Å². The minimum atomic E-state index is 0.130. The van der Waals surface area contributed by atoms with Crippen LogP contribution in [0.2, 0.25) is 0 Å². The zero-order valence-electron chi connectivity index (χ0n) is 7.25. The predicted molar refractivity (Wildman–Crippen MR) is 46.9 cm³/mol. The fraction of sp³-hybridized carbons (Fsp3) is 0.500. The van der Waals surface area contributed by atoms with Gasteiger partial charge in [0.1, 0.15) is 0 Å². The minimum absolute atomic E-state index is 0.130. The number of aromatic nitrogens is 1. The number of aliphatic hydroxyl groups is 1. The van der Waals surface area contributed by atoms with Crippen LogP contribution in [-0.2, 0) is 6.61 Å². The van der Waals surface area contributed by atoms with Crippen LogP contribution in [0.5, 0.6) is 0 Å². The largest absolute Gasteiger partial charge is 0.392 e. The van der Waals surface area contributed by atoms with Crippen molar-refractivity contribution in [3.05, 3.63) is 29.1 Å². The zero-order chi connectivity index (χ0) is 8.55. The first-order valence-electron chi connectivity index (χ1n) is 4.38. The Morgan fingerprint density at radius 3 is 2.92 bits per heavy atom. The van der Waals surface area contributed by atoms with E-state index in [2.05, 4.69) is 4.98 Å². The molecule has 1 fully saturated rings. The molecule has 0 aromatic carbocycles. The number of aliphatic hydroxyl groups excluding tert-OH is 1. The van der Waals surface area contributed by atoms with Gasteiger partial charge in [0.05, 0.1) is 6.61 Å². The summed E-state index contributed by atoms with van der Waals surface area (Å²) in [6, 6.07) is 2.04. The van der Waals surface area contributed by atoms with Gasteiger partial charge in [-0.2, -0.15) is 0 Å². The Balaban J connectivity index is 2.43. The van der Waals surface area contributed by atoms with Crippen LogP contribution in [0.1, 0.15) is 35.6 Å². The Morgan fingerprint density at radius 1 is 1.58 bits per heavy atom. The fourth-order valence-corrected chi connectivity index (χ4v) is 1.60. The SMILES string of the molecule is Cc1nccc(C2CC2)c1CO. The number of nitrogens with zero attached hydrogens (tertiary/aromatic N) is 1. The van der Waals surface area contributed by atoms with Crippen molar-refractivity contribution in [2.45, 2.75) is 32.3 Å². The van der Waals surface area contributed by atoms with Gasteiger partial charge in [-0.05, 0) is 37.3 Å². The normalized spacial score (nSPS) is 16.5. The van der Waals surface area contributed by atoms with Gasteiger partial charge in [-0.1, -0.05) is 0 Å². The van der Waals surface area contributed by atoms with Crippen molar-refractivity contribution in [2.75, 3.05) is 0 Å². The maximum absolute atomic E-state index is 9.14. The highest BCUT2D eigenvalue weighted by Crippen LogP contribution is 2.41. The lowest BCUT2D eigenvalue weighted by Gasteiger charge is -2.07. The highest BCUT2D eigenvalue weighted by Gasteiger charge is 2.26. The Labute approximate surface area is 72.3 Å². The number of hydrogen-bond donors (Lipinski definition) is 1. The van der Waals surface area contributed by atoms with Crippen molar-refractivity contribution in [1.29, 1.82) is 0 Å². The summed E-state index contributed by atoms with van der Waals surface area (Å²) in [6.45, 7) is 2.09. The molecule has 0 unspecified atom stereocenters. The fourth-order valence-electron chi connectivity index (χ4n) is 1.60. The van der Waals surface area contributed by atoms with E-state index < -0.39 is 0 Å². The summed E-state index contributed by atoms with van der Waals surface area (Å²) in [5, 5.41) is 9.14. The van der Waals surface area contributed by atoms with Crippen molar-refractivity contribution in [3.63, 3.8) is 0 Å². The highest BCUT2D eigenvalue weighted by molar-refractivity contribution is 5.34. The van der Waals surface area contributed by atoms with E-state index in [1.165, 1.54) is 18.4 Å². The van der Waals surface area contributed by atoms with Gasteiger partial charge in [0.15, 0.2) is 0 Å². The maximum atomic E-state index is 9.14. The Morgan fingerprint density at radius 2 is 2.33 bits per heavy atom. The number of pyridine rings is 1. The smallest absolute Gasteiger partial charge is 0.0702 e. The summed E-state index contributed by atoms with van der Waals surface area (Å²) in [6.07, 6.45) is 4.38. The van der Waals surface area contributed by atoms with E-state index in [0.29, 0.717) is 5.92 Å². The molecule has 0 atom stereocenters. The molecule has 2 heteroatoms. The maximum Gasteiger partial charge on any atom is 0.0702 e. The van der Waals surface area contributed by atoms with E-state index in [9.17, 15) is 0 Å². The predicted octanol–water partition coefficient (Wildman–Crippen LogP) is 1.76. The van der Waals surface area contributed by atoms with Crippen LogP contribution in [0.3, 0.4) is 0 Å². The van der Waals surface area contributed by atoms with Crippen LogP contribution in [-0.4, -0.2) is 10.1 Å². The number of aryl methyl sites for hydroxylation is 1.